The average molecular weight is 390 g/mol. The van der Waals surface area contributed by atoms with Crippen LogP contribution in [0.15, 0.2) is 78.3 Å². The van der Waals surface area contributed by atoms with Gasteiger partial charge in [-0.25, -0.2) is 4.98 Å². The lowest BCUT2D eigenvalue weighted by molar-refractivity contribution is -0.113. The standard InChI is InChI=1S/C21H18N4O2S/c1-27-16-9-7-15(8-10-16)25-13-12-23-21(25)28-14-20(26)24-19-6-2-5-18-17(19)4-3-11-22-18/h2-13H,14H2,1H3,(H,24,26). The van der Waals surface area contributed by atoms with Crippen LogP contribution in [0.3, 0.4) is 0 Å². The number of hydrogen-bond donors (Lipinski definition) is 1. The van der Waals surface area contributed by atoms with Crippen LogP contribution < -0.4 is 10.1 Å². The van der Waals surface area contributed by atoms with E-state index in [1.165, 1.54) is 11.8 Å². The van der Waals surface area contributed by atoms with Crippen molar-refractivity contribution in [2.75, 3.05) is 18.2 Å². The van der Waals surface area contributed by atoms with E-state index in [4.69, 9.17) is 4.74 Å². The van der Waals surface area contributed by atoms with Crippen molar-refractivity contribution in [2.24, 2.45) is 0 Å². The van der Waals surface area contributed by atoms with Crippen LogP contribution in [0.1, 0.15) is 0 Å². The maximum Gasteiger partial charge on any atom is 0.234 e. The third-order valence-electron chi connectivity index (χ3n) is 4.21. The summed E-state index contributed by atoms with van der Waals surface area (Å²) in [6, 6.07) is 17.2. The number of pyridine rings is 1. The first-order valence-corrected chi connectivity index (χ1v) is 9.67. The van der Waals surface area contributed by atoms with Gasteiger partial charge in [-0.3, -0.25) is 14.3 Å². The van der Waals surface area contributed by atoms with Gasteiger partial charge in [-0.15, -0.1) is 0 Å². The lowest BCUT2D eigenvalue weighted by Gasteiger charge is -2.10. The van der Waals surface area contributed by atoms with Crippen molar-refractivity contribution in [3.63, 3.8) is 0 Å². The van der Waals surface area contributed by atoms with Gasteiger partial charge in [0.2, 0.25) is 5.91 Å². The van der Waals surface area contributed by atoms with Gasteiger partial charge < -0.3 is 10.1 Å². The van der Waals surface area contributed by atoms with Gasteiger partial charge in [-0.05, 0) is 48.5 Å². The second kappa shape index (κ2) is 8.14. The zero-order valence-electron chi connectivity index (χ0n) is 15.2. The van der Waals surface area contributed by atoms with Gasteiger partial charge in [-0.2, -0.15) is 0 Å². The van der Waals surface area contributed by atoms with Crippen molar-refractivity contribution >= 4 is 34.3 Å². The molecule has 7 heteroatoms. The topological polar surface area (TPSA) is 69.0 Å². The predicted molar refractivity (Wildman–Crippen MR) is 111 cm³/mol. The predicted octanol–water partition coefficient (Wildman–Crippen LogP) is 4.16. The number of nitrogens with one attached hydrogen (secondary N) is 1. The number of thioether (sulfide) groups is 1. The number of imidazole rings is 1. The number of amides is 1. The second-order valence-corrected chi connectivity index (χ2v) is 6.93. The number of benzene rings is 2. The van der Waals surface area contributed by atoms with Crippen LogP contribution >= 0.6 is 11.8 Å². The third-order valence-corrected chi connectivity index (χ3v) is 5.18. The van der Waals surface area contributed by atoms with E-state index < -0.39 is 0 Å². The molecule has 2 heterocycles. The summed E-state index contributed by atoms with van der Waals surface area (Å²) in [4.78, 5) is 21.2. The molecule has 0 fully saturated rings. The normalized spacial score (nSPS) is 10.8. The van der Waals surface area contributed by atoms with Crippen LogP contribution in [0.2, 0.25) is 0 Å². The fourth-order valence-corrected chi connectivity index (χ4v) is 3.64. The molecular formula is C21H18N4O2S. The summed E-state index contributed by atoms with van der Waals surface area (Å²) in [6.45, 7) is 0. The number of methoxy groups -OCH3 is 1. The quantitative estimate of drug-likeness (QED) is 0.501. The van der Waals surface area contributed by atoms with Gasteiger partial charge in [0.05, 0.1) is 24.1 Å². The van der Waals surface area contributed by atoms with Crippen molar-refractivity contribution in [2.45, 2.75) is 5.16 Å². The summed E-state index contributed by atoms with van der Waals surface area (Å²) >= 11 is 1.38. The Kier molecular flexibility index (Phi) is 5.25. The highest BCUT2D eigenvalue weighted by molar-refractivity contribution is 7.99. The van der Waals surface area contributed by atoms with Crippen LogP contribution in [0.4, 0.5) is 5.69 Å². The van der Waals surface area contributed by atoms with Gasteiger partial charge in [-0.1, -0.05) is 17.8 Å². The molecule has 0 spiro atoms. The molecule has 1 amide bonds. The smallest absolute Gasteiger partial charge is 0.234 e. The fraction of sp³-hybridized carbons (Fsp3) is 0.0952. The molecule has 0 saturated carbocycles. The number of anilines is 1. The Morgan fingerprint density at radius 2 is 1.93 bits per heavy atom. The van der Waals surface area contributed by atoms with Gasteiger partial charge >= 0.3 is 0 Å². The van der Waals surface area contributed by atoms with E-state index in [9.17, 15) is 4.79 Å². The van der Waals surface area contributed by atoms with E-state index in [0.29, 0.717) is 0 Å². The first-order valence-electron chi connectivity index (χ1n) is 8.69. The van der Waals surface area contributed by atoms with Gasteiger partial charge in [0.1, 0.15) is 5.75 Å². The van der Waals surface area contributed by atoms with E-state index in [1.54, 1.807) is 19.5 Å². The minimum absolute atomic E-state index is 0.0920. The van der Waals surface area contributed by atoms with Crippen LogP contribution in [0.25, 0.3) is 16.6 Å². The lowest BCUT2D eigenvalue weighted by atomic mass is 10.2. The molecule has 0 aliphatic carbocycles. The lowest BCUT2D eigenvalue weighted by Crippen LogP contribution is -2.14. The molecule has 0 aliphatic heterocycles. The Hall–Kier alpha value is -3.32. The first kappa shape index (κ1) is 18.1. The highest BCUT2D eigenvalue weighted by Gasteiger charge is 2.11. The van der Waals surface area contributed by atoms with E-state index in [0.717, 1.165) is 33.2 Å². The Balaban J connectivity index is 1.45. The third kappa shape index (κ3) is 3.84. The Labute approximate surface area is 166 Å². The minimum Gasteiger partial charge on any atom is -0.497 e. The van der Waals surface area contributed by atoms with Crippen LogP contribution in [-0.2, 0) is 4.79 Å². The van der Waals surface area contributed by atoms with Crippen molar-refractivity contribution in [1.82, 2.24) is 14.5 Å². The highest BCUT2D eigenvalue weighted by atomic mass is 32.2. The molecule has 2 aromatic carbocycles. The summed E-state index contributed by atoms with van der Waals surface area (Å²) in [5.74, 6) is 0.955. The molecule has 6 nitrogen and oxygen atoms in total. The van der Waals surface area contributed by atoms with Crippen molar-refractivity contribution in [3.05, 3.63) is 73.2 Å². The van der Waals surface area contributed by atoms with Crippen molar-refractivity contribution in [3.8, 4) is 11.4 Å². The number of rotatable bonds is 6. The fourth-order valence-electron chi connectivity index (χ4n) is 2.86. The van der Waals surface area contributed by atoms with Crippen LogP contribution in [0.5, 0.6) is 5.75 Å². The number of aromatic nitrogens is 3. The second-order valence-electron chi connectivity index (χ2n) is 5.99. The number of fused-ring (bicyclic) bond motifs is 1. The largest absolute Gasteiger partial charge is 0.497 e. The zero-order valence-corrected chi connectivity index (χ0v) is 16.0. The maximum absolute atomic E-state index is 12.5. The molecule has 4 aromatic rings. The van der Waals surface area contributed by atoms with E-state index in [2.05, 4.69) is 15.3 Å². The molecule has 2 aromatic heterocycles. The molecule has 0 saturated heterocycles. The van der Waals surface area contributed by atoms with E-state index in [-0.39, 0.29) is 11.7 Å². The number of carbonyl (C=O) groups is 1. The molecule has 4 rings (SSSR count). The molecule has 1 N–H and O–H groups in total. The van der Waals surface area contributed by atoms with E-state index in [1.807, 2.05) is 65.4 Å². The monoisotopic (exact) mass is 390 g/mol. The Bertz CT molecular complexity index is 1100. The summed E-state index contributed by atoms with van der Waals surface area (Å²) < 4.78 is 7.14. The van der Waals surface area contributed by atoms with Gasteiger partial charge in [0.25, 0.3) is 0 Å². The van der Waals surface area contributed by atoms with Crippen LogP contribution in [-0.4, -0.2) is 33.3 Å². The summed E-state index contributed by atoms with van der Waals surface area (Å²) in [6.07, 6.45) is 5.34. The Morgan fingerprint density at radius 3 is 2.75 bits per heavy atom. The number of ether oxygens (including phenoxy) is 1. The molecule has 0 radical (unpaired) electrons. The number of nitrogens with zero attached hydrogens (tertiary/aromatic N) is 3. The SMILES string of the molecule is COc1ccc(-n2ccnc2SCC(=O)Nc2cccc3ncccc23)cc1. The molecular weight excluding hydrogens is 372 g/mol. The zero-order chi connectivity index (χ0) is 19.3. The Morgan fingerprint density at radius 1 is 1.07 bits per heavy atom. The number of carbonyl (C=O) groups excluding carboxylic acids is 1. The minimum atomic E-state index is -0.0920. The molecule has 0 bridgehead atoms. The number of hydrogen-bond acceptors (Lipinski definition) is 5. The van der Waals surface area contributed by atoms with Crippen LogP contribution in [0, 0.1) is 0 Å². The summed E-state index contributed by atoms with van der Waals surface area (Å²) in [5, 5.41) is 4.64. The molecule has 0 aliphatic rings. The summed E-state index contributed by atoms with van der Waals surface area (Å²) in [7, 11) is 1.64. The molecule has 0 atom stereocenters. The van der Waals surface area contributed by atoms with Gasteiger partial charge in [0.15, 0.2) is 5.16 Å². The van der Waals surface area contributed by atoms with Crippen molar-refractivity contribution in [1.29, 1.82) is 0 Å². The first-order chi connectivity index (χ1) is 13.7. The highest BCUT2D eigenvalue weighted by Crippen LogP contribution is 2.24. The molecule has 0 unspecified atom stereocenters. The summed E-state index contributed by atoms with van der Waals surface area (Å²) in [5.41, 5.74) is 2.57. The van der Waals surface area contributed by atoms with Crippen molar-refractivity contribution < 1.29 is 9.53 Å². The molecule has 140 valence electrons. The maximum atomic E-state index is 12.5. The molecule has 28 heavy (non-hydrogen) atoms. The average Bonchev–Trinajstić information content (AvgIpc) is 3.21. The van der Waals surface area contributed by atoms with Gasteiger partial charge in [0, 0.05) is 29.7 Å². The van der Waals surface area contributed by atoms with E-state index >= 15 is 0 Å².